The summed E-state index contributed by atoms with van der Waals surface area (Å²) in [7, 11) is 0. The molecule has 5 rings (SSSR count). The van der Waals surface area contributed by atoms with Gasteiger partial charge in [0.1, 0.15) is 0 Å². The van der Waals surface area contributed by atoms with E-state index in [-0.39, 0.29) is 5.56 Å². The number of aromatic nitrogens is 1. The Labute approximate surface area is 195 Å². The number of aryl methyl sites for hydroxylation is 2. The Hall–Kier alpha value is -3.21. The Morgan fingerprint density at radius 2 is 1.75 bits per heavy atom. The highest BCUT2D eigenvalue weighted by molar-refractivity contribution is 6.37. The van der Waals surface area contributed by atoms with Gasteiger partial charge in [0.25, 0.3) is 5.56 Å². The fourth-order valence-corrected chi connectivity index (χ4v) is 4.66. The van der Waals surface area contributed by atoms with E-state index >= 15 is 0 Å². The maximum absolute atomic E-state index is 13.7. The van der Waals surface area contributed by atoms with Crippen LogP contribution in [0, 0.1) is 6.92 Å². The molecule has 3 aromatic carbocycles. The molecule has 5 aromatic rings. The predicted molar refractivity (Wildman–Crippen MR) is 134 cm³/mol. The molecule has 0 saturated heterocycles. The van der Waals surface area contributed by atoms with E-state index in [0.29, 0.717) is 44.6 Å². The van der Waals surface area contributed by atoms with E-state index in [1.165, 1.54) is 0 Å². The van der Waals surface area contributed by atoms with Crippen LogP contribution < -0.4 is 10.9 Å². The predicted octanol–water partition coefficient (Wildman–Crippen LogP) is 7.79. The number of para-hydroxylation sites is 2. The molecule has 0 saturated carbocycles. The van der Waals surface area contributed by atoms with E-state index in [2.05, 4.69) is 5.32 Å². The molecule has 160 valence electrons. The Balaban J connectivity index is 1.92. The lowest BCUT2D eigenvalue weighted by molar-refractivity contribution is 0.637. The molecule has 2 heterocycles. The number of nitrogens with one attached hydrogen (secondary N) is 1. The monoisotopic (exact) mass is 462 g/mol. The quantitative estimate of drug-likeness (QED) is 0.296. The Kier molecular flexibility index (Phi) is 5.20. The minimum absolute atomic E-state index is 0.121. The fourth-order valence-electron chi connectivity index (χ4n) is 4.16. The first-order valence-corrected chi connectivity index (χ1v) is 11.1. The number of rotatable bonds is 4. The van der Waals surface area contributed by atoms with Crippen molar-refractivity contribution in [3.8, 4) is 11.1 Å². The van der Waals surface area contributed by atoms with Gasteiger partial charge in [0, 0.05) is 28.2 Å². The van der Waals surface area contributed by atoms with Crippen molar-refractivity contribution in [1.29, 1.82) is 0 Å². The van der Waals surface area contributed by atoms with Crippen molar-refractivity contribution in [2.75, 3.05) is 5.32 Å². The van der Waals surface area contributed by atoms with Crippen LogP contribution in [0.2, 0.25) is 10.0 Å². The first-order chi connectivity index (χ1) is 15.5. The third-order valence-corrected chi connectivity index (χ3v) is 6.26. The standard InChI is InChI=1S/C26H20Cl2N2O2/c1-3-30-21-11-7-5-9-18(21)24-23(26(30)31)22(17-13-12-16(27)14-19(17)28)25(32-24)29-20-10-6-4-8-15(20)2/h4-14,29H,3H2,1-2H3. The first-order valence-electron chi connectivity index (χ1n) is 10.4. The molecule has 0 unspecified atom stereocenters. The number of anilines is 2. The van der Waals surface area contributed by atoms with Gasteiger partial charge < -0.3 is 14.3 Å². The molecule has 0 aliphatic rings. The van der Waals surface area contributed by atoms with Gasteiger partial charge in [-0.3, -0.25) is 4.79 Å². The van der Waals surface area contributed by atoms with Crippen LogP contribution in [0.1, 0.15) is 12.5 Å². The molecule has 2 aromatic heterocycles. The second-order valence-corrected chi connectivity index (χ2v) is 8.48. The van der Waals surface area contributed by atoms with Crippen LogP contribution in [0.5, 0.6) is 0 Å². The number of pyridine rings is 1. The van der Waals surface area contributed by atoms with Gasteiger partial charge in [0.15, 0.2) is 5.58 Å². The summed E-state index contributed by atoms with van der Waals surface area (Å²) >= 11 is 12.8. The average Bonchev–Trinajstić information content (AvgIpc) is 3.15. The van der Waals surface area contributed by atoms with Crippen molar-refractivity contribution >= 4 is 56.6 Å². The molecule has 0 atom stereocenters. The number of furan rings is 1. The number of benzene rings is 3. The summed E-state index contributed by atoms with van der Waals surface area (Å²) in [4.78, 5) is 13.7. The van der Waals surface area contributed by atoms with Gasteiger partial charge in [-0.15, -0.1) is 0 Å². The number of halogens is 2. The van der Waals surface area contributed by atoms with Crippen molar-refractivity contribution in [2.24, 2.45) is 0 Å². The third-order valence-electron chi connectivity index (χ3n) is 5.72. The van der Waals surface area contributed by atoms with Gasteiger partial charge in [-0.25, -0.2) is 0 Å². The lowest BCUT2D eigenvalue weighted by Gasteiger charge is -2.11. The van der Waals surface area contributed by atoms with Gasteiger partial charge in [-0.2, -0.15) is 0 Å². The zero-order valence-electron chi connectivity index (χ0n) is 17.6. The number of fused-ring (bicyclic) bond motifs is 3. The molecule has 0 fully saturated rings. The van der Waals surface area contributed by atoms with Crippen molar-refractivity contribution in [3.63, 3.8) is 0 Å². The zero-order valence-corrected chi connectivity index (χ0v) is 19.1. The maximum atomic E-state index is 13.7. The molecule has 6 heteroatoms. The molecule has 0 aliphatic carbocycles. The van der Waals surface area contributed by atoms with E-state index in [1.54, 1.807) is 16.7 Å². The summed E-state index contributed by atoms with van der Waals surface area (Å²) in [6.07, 6.45) is 0. The average molecular weight is 463 g/mol. The van der Waals surface area contributed by atoms with Crippen molar-refractivity contribution < 1.29 is 4.42 Å². The smallest absolute Gasteiger partial charge is 0.262 e. The lowest BCUT2D eigenvalue weighted by Crippen LogP contribution is -2.19. The Morgan fingerprint density at radius 3 is 2.50 bits per heavy atom. The van der Waals surface area contributed by atoms with Crippen LogP contribution >= 0.6 is 23.2 Å². The number of hydrogen-bond donors (Lipinski definition) is 1. The van der Waals surface area contributed by atoms with Crippen LogP contribution in [0.3, 0.4) is 0 Å². The lowest BCUT2D eigenvalue weighted by atomic mass is 10.0. The fraction of sp³-hybridized carbons (Fsp3) is 0.115. The third kappa shape index (κ3) is 3.27. The highest BCUT2D eigenvalue weighted by Gasteiger charge is 2.25. The van der Waals surface area contributed by atoms with Crippen LogP contribution in [0.4, 0.5) is 11.6 Å². The summed E-state index contributed by atoms with van der Waals surface area (Å²) in [6.45, 7) is 4.51. The largest absolute Gasteiger partial charge is 0.439 e. The van der Waals surface area contributed by atoms with Crippen molar-refractivity contribution in [2.45, 2.75) is 20.4 Å². The molecular weight excluding hydrogens is 443 g/mol. The highest BCUT2D eigenvalue weighted by Crippen LogP contribution is 2.44. The summed E-state index contributed by atoms with van der Waals surface area (Å²) in [5.41, 5.74) is 4.49. The molecule has 4 nitrogen and oxygen atoms in total. The molecule has 0 bridgehead atoms. The minimum atomic E-state index is -0.121. The van der Waals surface area contributed by atoms with Gasteiger partial charge >= 0.3 is 0 Å². The molecule has 32 heavy (non-hydrogen) atoms. The van der Waals surface area contributed by atoms with Crippen LogP contribution in [0.25, 0.3) is 33.0 Å². The number of hydrogen-bond acceptors (Lipinski definition) is 3. The van der Waals surface area contributed by atoms with E-state index in [4.69, 9.17) is 27.6 Å². The van der Waals surface area contributed by atoms with Crippen molar-refractivity contribution in [3.05, 3.63) is 92.7 Å². The normalized spacial score (nSPS) is 11.4. The van der Waals surface area contributed by atoms with E-state index in [9.17, 15) is 4.79 Å². The summed E-state index contributed by atoms with van der Waals surface area (Å²) < 4.78 is 8.14. The van der Waals surface area contributed by atoms with E-state index < -0.39 is 0 Å². The van der Waals surface area contributed by atoms with Crippen LogP contribution in [-0.2, 0) is 6.54 Å². The van der Waals surface area contributed by atoms with Gasteiger partial charge in [0.05, 0.1) is 21.5 Å². The SMILES string of the molecule is CCn1c(=O)c2c(-c3ccc(Cl)cc3Cl)c(Nc3ccccc3C)oc2c2ccccc21. The van der Waals surface area contributed by atoms with Crippen molar-refractivity contribution in [1.82, 2.24) is 4.57 Å². The summed E-state index contributed by atoms with van der Waals surface area (Å²) in [6, 6.07) is 20.9. The minimum Gasteiger partial charge on any atom is -0.439 e. The topological polar surface area (TPSA) is 47.2 Å². The Morgan fingerprint density at radius 1 is 1.00 bits per heavy atom. The maximum Gasteiger partial charge on any atom is 0.262 e. The first kappa shape index (κ1) is 20.7. The summed E-state index contributed by atoms with van der Waals surface area (Å²) in [5, 5.41) is 5.73. The van der Waals surface area contributed by atoms with Crippen LogP contribution in [0.15, 0.2) is 75.9 Å². The molecule has 1 N–H and O–H groups in total. The van der Waals surface area contributed by atoms with Gasteiger partial charge in [0.2, 0.25) is 5.88 Å². The van der Waals surface area contributed by atoms with Crippen LogP contribution in [-0.4, -0.2) is 4.57 Å². The molecule has 0 amide bonds. The summed E-state index contributed by atoms with van der Waals surface area (Å²) in [5.74, 6) is 0.467. The molecule has 0 radical (unpaired) electrons. The molecule has 0 spiro atoms. The number of nitrogens with zero attached hydrogens (tertiary/aromatic N) is 1. The van der Waals surface area contributed by atoms with E-state index in [0.717, 1.165) is 22.2 Å². The highest BCUT2D eigenvalue weighted by atomic mass is 35.5. The van der Waals surface area contributed by atoms with E-state index in [1.807, 2.05) is 68.4 Å². The second-order valence-electron chi connectivity index (χ2n) is 7.64. The zero-order chi connectivity index (χ0) is 22.4. The molecular formula is C26H20Cl2N2O2. The Bertz CT molecular complexity index is 1550. The van der Waals surface area contributed by atoms with Gasteiger partial charge in [-0.1, -0.05) is 59.6 Å². The molecule has 0 aliphatic heterocycles. The van der Waals surface area contributed by atoms with Gasteiger partial charge in [-0.05, 0) is 49.7 Å². The second kappa shape index (κ2) is 8.05.